The minimum atomic E-state index is -0.882. The minimum Gasteiger partial charge on any atom is -0.379 e. The lowest BCUT2D eigenvalue weighted by molar-refractivity contribution is -0.127. The normalized spacial score (nSPS) is 21.7. The first-order chi connectivity index (χ1) is 17.0. The summed E-state index contributed by atoms with van der Waals surface area (Å²) in [6, 6.07) is 10.5. The molecule has 1 aliphatic carbocycles. The molecule has 186 valence electrons. The molecular weight excluding hydrogens is 446 g/mol. The summed E-state index contributed by atoms with van der Waals surface area (Å²) in [5.74, 6) is -1.01. The highest BCUT2D eigenvalue weighted by atomic mass is 16.5. The number of hydrogen-bond acceptors (Lipinski definition) is 6. The molecule has 9 nitrogen and oxygen atoms in total. The minimum absolute atomic E-state index is 0.0285. The summed E-state index contributed by atoms with van der Waals surface area (Å²) in [6.45, 7) is 2.83. The fourth-order valence-electron chi connectivity index (χ4n) is 5.08. The standard InChI is InChI=1S/C26H33N5O4/c1-30-23-9-5-2-6-18(23)14-24(30)26(34)29-22-8-4-3-7-21(22)25(33)28-19(16-27)15-20(32)17-31-10-12-35-13-11-31/h2,5-6,9,14,19,21-22H,3-4,7-8,10-13,15,17H2,1H3,(H,28,33)(H,29,34)/t19-,21+,22-/m0/s1. The average Bonchev–Trinajstić information content (AvgIpc) is 3.21. The van der Waals surface area contributed by atoms with Crippen LogP contribution in [-0.2, 0) is 21.4 Å². The van der Waals surface area contributed by atoms with Gasteiger partial charge in [0.25, 0.3) is 5.91 Å². The highest BCUT2D eigenvalue weighted by Gasteiger charge is 2.34. The van der Waals surface area contributed by atoms with E-state index in [-0.39, 0.29) is 36.6 Å². The summed E-state index contributed by atoms with van der Waals surface area (Å²) in [6.07, 6.45) is 3.10. The van der Waals surface area contributed by atoms with Crippen LogP contribution in [0.4, 0.5) is 0 Å². The predicted octanol–water partition coefficient (Wildman–Crippen LogP) is 1.77. The van der Waals surface area contributed by atoms with Crippen LogP contribution in [0.3, 0.4) is 0 Å². The third kappa shape index (κ3) is 6.08. The molecule has 0 spiro atoms. The van der Waals surface area contributed by atoms with E-state index < -0.39 is 12.0 Å². The molecule has 0 bridgehead atoms. The number of carbonyl (C=O) groups excluding carboxylic acids is 3. The largest absolute Gasteiger partial charge is 0.379 e. The second-order valence-corrected chi connectivity index (χ2v) is 9.44. The highest BCUT2D eigenvalue weighted by Crippen LogP contribution is 2.26. The van der Waals surface area contributed by atoms with Gasteiger partial charge in [-0.1, -0.05) is 31.0 Å². The molecule has 35 heavy (non-hydrogen) atoms. The van der Waals surface area contributed by atoms with Gasteiger partial charge in [0.2, 0.25) is 5.91 Å². The molecule has 2 aliphatic rings. The first-order valence-corrected chi connectivity index (χ1v) is 12.3. The maximum absolute atomic E-state index is 13.1. The molecule has 1 saturated carbocycles. The second kappa shape index (κ2) is 11.5. The summed E-state index contributed by atoms with van der Waals surface area (Å²) >= 11 is 0. The number of aromatic nitrogens is 1. The number of para-hydroxylation sites is 1. The third-order valence-corrected chi connectivity index (χ3v) is 7.01. The fourth-order valence-corrected chi connectivity index (χ4v) is 5.08. The van der Waals surface area contributed by atoms with Crippen molar-refractivity contribution in [3.8, 4) is 6.07 Å². The molecule has 1 aliphatic heterocycles. The van der Waals surface area contributed by atoms with Crippen molar-refractivity contribution in [2.75, 3.05) is 32.8 Å². The van der Waals surface area contributed by atoms with Crippen LogP contribution in [0, 0.1) is 17.2 Å². The quantitative estimate of drug-likeness (QED) is 0.596. The van der Waals surface area contributed by atoms with Crippen molar-refractivity contribution < 1.29 is 19.1 Å². The lowest BCUT2D eigenvalue weighted by Gasteiger charge is -2.32. The summed E-state index contributed by atoms with van der Waals surface area (Å²) in [5.41, 5.74) is 1.51. The Bertz CT molecular complexity index is 1110. The number of nitriles is 1. The van der Waals surface area contributed by atoms with Gasteiger partial charge in [0.05, 0.1) is 31.7 Å². The van der Waals surface area contributed by atoms with Crippen molar-refractivity contribution in [3.05, 3.63) is 36.0 Å². The Hall–Kier alpha value is -3.22. The molecule has 2 aromatic rings. The number of rotatable bonds is 8. The lowest BCUT2D eigenvalue weighted by Crippen LogP contribution is -2.50. The van der Waals surface area contributed by atoms with Gasteiger partial charge in [-0.2, -0.15) is 5.26 Å². The van der Waals surface area contributed by atoms with Crippen molar-refractivity contribution >= 4 is 28.5 Å². The Kier molecular flexibility index (Phi) is 8.16. The van der Waals surface area contributed by atoms with Crippen LogP contribution in [0.1, 0.15) is 42.6 Å². The Morgan fingerprint density at radius 3 is 2.66 bits per heavy atom. The van der Waals surface area contributed by atoms with E-state index in [2.05, 4.69) is 16.7 Å². The van der Waals surface area contributed by atoms with E-state index in [1.807, 2.05) is 46.8 Å². The van der Waals surface area contributed by atoms with E-state index in [0.717, 1.165) is 23.7 Å². The maximum Gasteiger partial charge on any atom is 0.268 e. The van der Waals surface area contributed by atoms with Gasteiger partial charge in [0.1, 0.15) is 17.5 Å². The number of nitrogens with zero attached hydrogens (tertiary/aromatic N) is 3. The van der Waals surface area contributed by atoms with Gasteiger partial charge in [0.15, 0.2) is 0 Å². The number of benzene rings is 1. The number of fused-ring (bicyclic) bond motifs is 1. The molecule has 1 aromatic carbocycles. The Morgan fingerprint density at radius 2 is 1.91 bits per heavy atom. The van der Waals surface area contributed by atoms with Crippen molar-refractivity contribution in [2.24, 2.45) is 13.0 Å². The van der Waals surface area contributed by atoms with Gasteiger partial charge in [0, 0.05) is 43.5 Å². The molecule has 1 saturated heterocycles. The van der Waals surface area contributed by atoms with Gasteiger partial charge in [-0.05, 0) is 25.0 Å². The monoisotopic (exact) mass is 479 g/mol. The molecule has 3 atom stereocenters. The Labute approximate surface area is 205 Å². The molecule has 4 rings (SSSR count). The van der Waals surface area contributed by atoms with Crippen molar-refractivity contribution in [3.63, 3.8) is 0 Å². The van der Waals surface area contributed by atoms with E-state index >= 15 is 0 Å². The summed E-state index contributed by atoms with van der Waals surface area (Å²) in [5, 5.41) is 16.4. The molecule has 2 amide bonds. The smallest absolute Gasteiger partial charge is 0.268 e. The molecule has 0 radical (unpaired) electrons. The van der Waals surface area contributed by atoms with Crippen molar-refractivity contribution in [2.45, 2.75) is 44.2 Å². The van der Waals surface area contributed by atoms with Crippen LogP contribution in [0.5, 0.6) is 0 Å². The van der Waals surface area contributed by atoms with Gasteiger partial charge < -0.3 is 19.9 Å². The van der Waals surface area contributed by atoms with Gasteiger partial charge in [-0.25, -0.2) is 0 Å². The number of nitrogens with one attached hydrogen (secondary N) is 2. The van der Waals surface area contributed by atoms with E-state index in [0.29, 0.717) is 44.8 Å². The SMILES string of the molecule is Cn1c(C(=O)N[C@H]2CCCC[C@H]2C(=O)N[C@H](C#N)CC(=O)CN2CCOCC2)cc2ccccc21. The van der Waals surface area contributed by atoms with Crippen molar-refractivity contribution in [1.82, 2.24) is 20.1 Å². The number of Topliss-reactive ketones (excluding diaryl/α,β-unsaturated/α-hetero) is 1. The molecule has 2 N–H and O–H groups in total. The number of carbonyl (C=O) groups is 3. The zero-order chi connectivity index (χ0) is 24.8. The van der Waals surface area contributed by atoms with Crippen molar-refractivity contribution in [1.29, 1.82) is 5.26 Å². The third-order valence-electron chi connectivity index (χ3n) is 7.01. The molecular formula is C26H33N5O4. The first kappa shape index (κ1) is 24.9. The lowest BCUT2D eigenvalue weighted by atomic mass is 9.83. The summed E-state index contributed by atoms with van der Waals surface area (Å²) < 4.78 is 7.15. The number of morpholine rings is 1. The molecule has 0 unspecified atom stereocenters. The number of amides is 2. The van der Waals surface area contributed by atoms with Crippen LogP contribution in [0.2, 0.25) is 0 Å². The van der Waals surface area contributed by atoms with E-state index in [4.69, 9.17) is 4.74 Å². The first-order valence-electron chi connectivity index (χ1n) is 12.3. The molecule has 9 heteroatoms. The van der Waals surface area contributed by atoms with Gasteiger partial charge >= 0.3 is 0 Å². The number of ketones is 1. The van der Waals surface area contributed by atoms with E-state index in [9.17, 15) is 19.6 Å². The van der Waals surface area contributed by atoms with Gasteiger partial charge in [-0.15, -0.1) is 0 Å². The maximum atomic E-state index is 13.1. The number of aryl methyl sites for hydroxylation is 1. The van der Waals surface area contributed by atoms with Crippen LogP contribution in [0.25, 0.3) is 10.9 Å². The topological polar surface area (TPSA) is 116 Å². The number of ether oxygens (including phenoxy) is 1. The van der Waals surface area contributed by atoms with Crippen LogP contribution in [0.15, 0.2) is 30.3 Å². The highest BCUT2D eigenvalue weighted by molar-refractivity contribution is 5.99. The average molecular weight is 480 g/mol. The van der Waals surface area contributed by atoms with Crippen LogP contribution < -0.4 is 10.6 Å². The summed E-state index contributed by atoms with van der Waals surface area (Å²) in [4.78, 5) is 40.7. The van der Waals surface area contributed by atoms with Gasteiger partial charge in [-0.3, -0.25) is 19.3 Å². The Morgan fingerprint density at radius 1 is 1.17 bits per heavy atom. The van der Waals surface area contributed by atoms with E-state index in [1.54, 1.807) is 0 Å². The zero-order valence-corrected chi connectivity index (χ0v) is 20.2. The Balaban J connectivity index is 1.36. The molecule has 2 fully saturated rings. The predicted molar refractivity (Wildman–Crippen MR) is 131 cm³/mol. The fraction of sp³-hybridized carbons (Fsp3) is 0.538. The van der Waals surface area contributed by atoms with Crippen LogP contribution in [-0.4, -0.2) is 72.0 Å². The number of hydrogen-bond donors (Lipinski definition) is 2. The zero-order valence-electron chi connectivity index (χ0n) is 20.2. The van der Waals surface area contributed by atoms with E-state index in [1.165, 1.54) is 0 Å². The van der Waals surface area contributed by atoms with Crippen LogP contribution >= 0.6 is 0 Å². The summed E-state index contributed by atoms with van der Waals surface area (Å²) in [7, 11) is 1.85. The molecule has 1 aromatic heterocycles. The molecule has 2 heterocycles. The second-order valence-electron chi connectivity index (χ2n) is 9.44.